The molecule has 5 atom stereocenters. The highest BCUT2D eigenvalue weighted by Gasteiger charge is 2.60. The van der Waals surface area contributed by atoms with Crippen LogP contribution in [0.1, 0.15) is 34.6 Å². The molecule has 3 heterocycles. The van der Waals surface area contributed by atoms with Crippen molar-refractivity contribution >= 4 is 0 Å². The second-order valence-corrected chi connectivity index (χ2v) is 7.29. The third kappa shape index (κ3) is 3.47. The Morgan fingerprint density at radius 1 is 0.917 bits per heavy atom. The van der Waals surface area contributed by atoms with Crippen molar-refractivity contribution in [3.63, 3.8) is 0 Å². The van der Waals surface area contributed by atoms with E-state index in [0.717, 1.165) is 0 Å². The van der Waals surface area contributed by atoms with E-state index in [4.69, 9.17) is 37.9 Å². The first-order chi connectivity index (χ1) is 11.1. The van der Waals surface area contributed by atoms with Crippen molar-refractivity contribution in [2.24, 2.45) is 0 Å². The topological polar surface area (TPSA) is 73.8 Å². The van der Waals surface area contributed by atoms with E-state index in [1.54, 1.807) is 6.92 Å². The average molecular weight is 348 g/mol. The summed E-state index contributed by atoms with van der Waals surface area (Å²) in [5, 5.41) is 0. The number of ether oxygens (including phenoxy) is 8. The molecule has 3 rings (SSSR count). The Morgan fingerprint density at radius 2 is 1.58 bits per heavy atom. The van der Waals surface area contributed by atoms with Crippen LogP contribution >= 0.6 is 0 Å². The molecule has 0 aliphatic carbocycles. The van der Waals surface area contributed by atoms with E-state index in [9.17, 15) is 0 Å². The lowest BCUT2D eigenvalue weighted by atomic mass is 10.1. The lowest BCUT2D eigenvalue weighted by Gasteiger charge is -2.34. The Hall–Kier alpha value is -0.320. The van der Waals surface area contributed by atoms with E-state index in [-0.39, 0.29) is 6.10 Å². The van der Waals surface area contributed by atoms with Gasteiger partial charge in [-0.05, 0) is 27.7 Å². The second kappa shape index (κ2) is 6.14. The monoisotopic (exact) mass is 348 g/mol. The molecule has 3 fully saturated rings. The van der Waals surface area contributed by atoms with Crippen LogP contribution in [0.25, 0.3) is 0 Å². The van der Waals surface area contributed by atoms with Crippen molar-refractivity contribution < 1.29 is 37.9 Å². The van der Waals surface area contributed by atoms with Gasteiger partial charge in [0.05, 0.1) is 6.61 Å². The lowest BCUT2D eigenvalue weighted by molar-refractivity contribution is -0.379. The van der Waals surface area contributed by atoms with Gasteiger partial charge in [0, 0.05) is 21.1 Å². The zero-order valence-corrected chi connectivity index (χ0v) is 15.4. The van der Waals surface area contributed by atoms with Crippen LogP contribution in [-0.4, -0.2) is 69.1 Å². The molecule has 1 unspecified atom stereocenters. The molecule has 3 aliphatic rings. The molecule has 8 heteroatoms. The van der Waals surface area contributed by atoms with Gasteiger partial charge in [-0.25, -0.2) is 0 Å². The summed E-state index contributed by atoms with van der Waals surface area (Å²) in [4.78, 5) is 0. The molecule has 140 valence electrons. The van der Waals surface area contributed by atoms with E-state index in [1.165, 1.54) is 14.2 Å². The Kier molecular flexibility index (Phi) is 4.72. The van der Waals surface area contributed by atoms with Gasteiger partial charge in [-0.1, -0.05) is 0 Å². The highest BCUT2D eigenvalue weighted by molar-refractivity contribution is 4.99. The van der Waals surface area contributed by atoms with E-state index in [2.05, 4.69) is 0 Å². The van der Waals surface area contributed by atoms with Gasteiger partial charge in [0.15, 0.2) is 17.9 Å². The number of methoxy groups -OCH3 is 2. The summed E-state index contributed by atoms with van der Waals surface area (Å²) < 4.78 is 46.2. The van der Waals surface area contributed by atoms with Gasteiger partial charge < -0.3 is 37.9 Å². The first-order valence-corrected chi connectivity index (χ1v) is 8.19. The van der Waals surface area contributed by atoms with Crippen LogP contribution in [0.2, 0.25) is 0 Å². The van der Waals surface area contributed by atoms with Crippen molar-refractivity contribution in [1.29, 1.82) is 0 Å². The molecule has 0 aromatic heterocycles. The summed E-state index contributed by atoms with van der Waals surface area (Å²) in [6, 6.07) is 0. The van der Waals surface area contributed by atoms with Crippen LogP contribution in [0.5, 0.6) is 0 Å². The van der Waals surface area contributed by atoms with E-state index < -0.39 is 42.1 Å². The first-order valence-electron chi connectivity index (χ1n) is 8.19. The smallest absolute Gasteiger partial charge is 0.279 e. The SMILES string of the molecule is COC(C)(OC)O[C@@H]1[C@H]2OC(C)(C)O[C@H]2O[C@@H]1C1COC(C)(C)O1. The van der Waals surface area contributed by atoms with Gasteiger partial charge in [-0.2, -0.15) is 0 Å². The Bertz CT molecular complexity index is 461. The first kappa shape index (κ1) is 18.5. The minimum atomic E-state index is -1.23. The molecule has 0 saturated carbocycles. The molecule has 3 saturated heterocycles. The summed E-state index contributed by atoms with van der Waals surface area (Å²) in [5.74, 6) is -2.64. The highest BCUT2D eigenvalue weighted by Crippen LogP contribution is 2.43. The zero-order chi connectivity index (χ0) is 17.8. The number of hydrogen-bond donors (Lipinski definition) is 0. The second-order valence-electron chi connectivity index (χ2n) is 7.29. The number of hydrogen-bond acceptors (Lipinski definition) is 8. The van der Waals surface area contributed by atoms with Crippen molar-refractivity contribution in [2.45, 2.75) is 82.9 Å². The fourth-order valence-electron chi connectivity index (χ4n) is 3.24. The molecule has 0 spiro atoms. The Balaban J connectivity index is 1.80. The van der Waals surface area contributed by atoms with E-state index in [0.29, 0.717) is 6.61 Å². The summed E-state index contributed by atoms with van der Waals surface area (Å²) in [5.41, 5.74) is 0. The van der Waals surface area contributed by atoms with Crippen molar-refractivity contribution in [3.8, 4) is 0 Å². The Labute approximate surface area is 142 Å². The molecule has 24 heavy (non-hydrogen) atoms. The molecule has 0 N–H and O–H groups in total. The van der Waals surface area contributed by atoms with Crippen LogP contribution in [0, 0.1) is 0 Å². The highest BCUT2D eigenvalue weighted by atomic mass is 16.9. The molecule has 0 radical (unpaired) electrons. The van der Waals surface area contributed by atoms with E-state index >= 15 is 0 Å². The maximum Gasteiger partial charge on any atom is 0.279 e. The van der Waals surface area contributed by atoms with Gasteiger partial charge in [0.2, 0.25) is 0 Å². The molecule has 3 aliphatic heterocycles. The van der Waals surface area contributed by atoms with Crippen LogP contribution in [0.4, 0.5) is 0 Å². The lowest BCUT2D eigenvalue weighted by Crippen LogP contribution is -2.49. The fourth-order valence-corrected chi connectivity index (χ4v) is 3.24. The molecule has 0 amide bonds. The predicted octanol–water partition coefficient (Wildman–Crippen LogP) is 1.37. The zero-order valence-electron chi connectivity index (χ0n) is 15.4. The Morgan fingerprint density at radius 3 is 2.12 bits per heavy atom. The van der Waals surface area contributed by atoms with Crippen molar-refractivity contribution in [1.82, 2.24) is 0 Å². The molecular weight excluding hydrogens is 320 g/mol. The molecule has 0 bridgehead atoms. The van der Waals surface area contributed by atoms with E-state index in [1.807, 2.05) is 27.7 Å². The van der Waals surface area contributed by atoms with Gasteiger partial charge in [0.25, 0.3) is 5.97 Å². The minimum absolute atomic E-state index is 0.302. The molecule has 0 aromatic carbocycles. The fraction of sp³-hybridized carbons (Fsp3) is 1.00. The predicted molar refractivity (Wildman–Crippen MR) is 80.9 cm³/mol. The van der Waals surface area contributed by atoms with Crippen LogP contribution in [0.15, 0.2) is 0 Å². The third-order valence-corrected chi connectivity index (χ3v) is 4.52. The average Bonchev–Trinajstić information content (AvgIpc) is 3.10. The molecule has 0 aromatic rings. The van der Waals surface area contributed by atoms with Gasteiger partial charge in [0.1, 0.15) is 24.4 Å². The van der Waals surface area contributed by atoms with Gasteiger partial charge in [-0.15, -0.1) is 0 Å². The maximum atomic E-state index is 6.09. The van der Waals surface area contributed by atoms with Crippen molar-refractivity contribution in [2.75, 3.05) is 20.8 Å². The van der Waals surface area contributed by atoms with Crippen LogP contribution < -0.4 is 0 Å². The number of rotatable bonds is 5. The maximum absolute atomic E-state index is 6.09. The standard InChI is InChI=1S/C16H28O8/c1-14(2)19-8-9(21-14)10-11(23-16(5,17-6)18-7)12-13(20-10)24-15(3,4)22-12/h9-13H,8H2,1-7H3/t9?,10-,11+,12-,13-/m1/s1. The van der Waals surface area contributed by atoms with Crippen LogP contribution in [0.3, 0.4) is 0 Å². The third-order valence-electron chi connectivity index (χ3n) is 4.52. The van der Waals surface area contributed by atoms with Gasteiger partial charge >= 0.3 is 0 Å². The largest absolute Gasteiger partial charge is 0.348 e. The number of fused-ring (bicyclic) bond motifs is 1. The van der Waals surface area contributed by atoms with Crippen molar-refractivity contribution in [3.05, 3.63) is 0 Å². The summed E-state index contributed by atoms with van der Waals surface area (Å²) in [6.07, 6.45) is -2.18. The van der Waals surface area contributed by atoms with Gasteiger partial charge in [-0.3, -0.25) is 0 Å². The summed E-state index contributed by atoms with van der Waals surface area (Å²) in [7, 11) is 3.03. The normalized spacial score (nSPS) is 40.9. The van der Waals surface area contributed by atoms with Crippen LogP contribution in [-0.2, 0) is 37.9 Å². The molecule has 8 nitrogen and oxygen atoms in total. The quantitative estimate of drug-likeness (QED) is 0.690. The summed E-state index contributed by atoms with van der Waals surface area (Å²) in [6.45, 7) is 9.49. The minimum Gasteiger partial charge on any atom is -0.348 e. The summed E-state index contributed by atoms with van der Waals surface area (Å²) >= 11 is 0. The molecular formula is C16H28O8.